The second kappa shape index (κ2) is 19.9. The van der Waals surface area contributed by atoms with E-state index >= 15 is 0 Å². The van der Waals surface area contributed by atoms with Crippen LogP contribution < -0.4 is 39.3 Å². The molecule has 0 radical (unpaired) electrons. The van der Waals surface area contributed by atoms with Crippen LogP contribution in [0.2, 0.25) is 0 Å². The Kier molecular flexibility index (Phi) is 16.1. The number of rotatable bonds is 16. The van der Waals surface area contributed by atoms with Gasteiger partial charge in [-0.2, -0.15) is 18.6 Å². The molecule has 1 unspecified atom stereocenters. The third kappa shape index (κ3) is 14.0. The lowest BCUT2D eigenvalue weighted by atomic mass is 9.84. The summed E-state index contributed by atoms with van der Waals surface area (Å²) in [7, 11) is -2.85. The van der Waals surface area contributed by atoms with Gasteiger partial charge in [-0.05, 0) is 73.1 Å². The van der Waals surface area contributed by atoms with Crippen molar-refractivity contribution in [3.63, 3.8) is 0 Å². The summed E-state index contributed by atoms with van der Waals surface area (Å²) in [6.07, 6.45) is 1.39. The van der Waals surface area contributed by atoms with Crippen LogP contribution in [0, 0.1) is 0 Å². The van der Waals surface area contributed by atoms with Crippen LogP contribution in [0.3, 0.4) is 0 Å². The number of hydroxylamine groups is 2. The largest absolute Gasteiger partial charge is 1.00 e. The van der Waals surface area contributed by atoms with Crippen molar-refractivity contribution in [2.24, 2.45) is 5.16 Å². The predicted molar refractivity (Wildman–Crippen MR) is 219 cm³/mol. The first-order chi connectivity index (χ1) is 28.3. The van der Waals surface area contributed by atoms with E-state index in [4.69, 9.17) is 28.3 Å². The molecule has 0 bridgehead atoms. The molecule has 342 valence electrons. The highest BCUT2D eigenvalue weighted by Gasteiger charge is 2.58. The first-order valence-corrected chi connectivity index (χ1v) is 21.5. The van der Waals surface area contributed by atoms with Gasteiger partial charge in [-0.15, -0.1) is 15.6 Å². The first-order valence-electron chi connectivity index (χ1n) is 19.2. The number of oxime groups is 1. The van der Waals surface area contributed by atoms with E-state index in [1.807, 2.05) is 23.0 Å². The van der Waals surface area contributed by atoms with Crippen LogP contribution in [-0.4, -0.2) is 142 Å². The molecule has 5 rings (SSSR count). The summed E-state index contributed by atoms with van der Waals surface area (Å²) in [5, 5.41) is 15.2. The zero-order valence-corrected chi connectivity index (χ0v) is 39.7. The van der Waals surface area contributed by atoms with Crippen molar-refractivity contribution in [1.29, 1.82) is 0 Å². The summed E-state index contributed by atoms with van der Waals surface area (Å²) >= 11 is 0.904. The van der Waals surface area contributed by atoms with Crippen molar-refractivity contribution in [2.45, 2.75) is 90.8 Å². The Balaban J connectivity index is 0.00000845. The van der Waals surface area contributed by atoms with Gasteiger partial charge in [-0.1, -0.05) is 17.3 Å². The number of halogens is 1. The normalized spacial score (nSPS) is 18.1. The van der Waals surface area contributed by atoms with Crippen LogP contribution in [0.1, 0.15) is 61.1 Å². The molecule has 0 spiro atoms. The van der Waals surface area contributed by atoms with Gasteiger partial charge < -0.3 is 57.6 Å². The zero-order chi connectivity index (χ0) is 45.0. The fourth-order valence-electron chi connectivity index (χ4n) is 5.98. The van der Waals surface area contributed by atoms with Gasteiger partial charge in [0.1, 0.15) is 48.4 Å². The Labute approximate surface area is 380 Å². The van der Waals surface area contributed by atoms with Crippen LogP contribution in [-0.2, 0) is 54.7 Å². The second-order valence-electron chi connectivity index (χ2n) is 17.2. The Hall–Kier alpha value is -4.47. The molecule has 0 saturated carbocycles. The molecule has 1 aromatic carbocycles. The molecule has 21 nitrogen and oxygen atoms in total. The molecular weight excluding hydrogens is 967 g/mol. The number of carbonyl (C=O) groups is 4. The molecule has 2 aliphatic heterocycles. The van der Waals surface area contributed by atoms with E-state index in [0.717, 1.165) is 66.3 Å². The molecule has 3 N–H and O–H groups in total. The number of β-lactam (4-membered cyclic amide) rings is 1. The highest BCUT2D eigenvalue weighted by molar-refractivity contribution is 7.80. The average molecular weight is 1020 g/mol. The summed E-state index contributed by atoms with van der Waals surface area (Å²) in [4.78, 5) is 62.5. The zero-order valence-electron chi connectivity index (χ0n) is 35.9. The monoisotopic (exact) mass is 1020 g/mol. The number of amides is 3. The minimum absolute atomic E-state index is 0. The Morgan fingerprint density at radius 3 is 2.31 bits per heavy atom. The fourth-order valence-corrected chi connectivity index (χ4v) is 7.12. The molecule has 0 aliphatic carbocycles. The van der Waals surface area contributed by atoms with Crippen molar-refractivity contribution in [3.05, 3.63) is 47.7 Å². The van der Waals surface area contributed by atoms with Gasteiger partial charge in [0.25, 0.3) is 17.9 Å². The number of carbonyl (C=O) groups excluding carboxylic acids is 4. The molecule has 3 amide bonds. The Morgan fingerprint density at radius 1 is 1.06 bits per heavy atom. The number of hydrogen-bond acceptors (Lipinski definition) is 16. The van der Waals surface area contributed by atoms with Gasteiger partial charge in [0.15, 0.2) is 10.8 Å². The lowest BCUT2D eigenvalue weighted by molar-refractivity contribution is -0.917. The number of quaternary nitrogens is 1. The number of nitrogens with one attached hydrogen (secondary N) is 2. The summed E-state index contributed by atoms with van der Waals surface area (Å²) < 4.78 is 61.3. The number of nitrogens with zero attached hydrogens (tertiary/aromatic N) is 6. The van der Waals surface area contributed by atoms with Gasteiger partial charge in [0.2, 0.25) is 0 Å². The van der Waals surface area contributed by atoms with Crippen LogP contribution in [0.4, 0.5) is 9.93 Å². The number of anilines is 1. The summed E-state index contributed by atoms with van der Waals surface area (Å²) in [5.74, 6) is -2.57. The minimum Gasteiger partial charge on any atom is -1.00 e. The molecule has 2 aromatic heterocycles. The van der Waals surface area contributed by atoms with Gasteiger partial charge in [0.05, 0.1) is 45.1 Å². The third-order valence-electron chi connectivity index (χ3n) is 9.27. The summed E-state index contributed by atoms with van der Waals surface area (Å²) in [6.45, 7) is 17.4. The Bertz CT molecular complexity index is 2210. The van der Waals surface area contributed by atoms with Crippen LogP contribution in [0.5, 0.6) is 5.75 Å². The van der Waals surface area contributed by atoms with Crippen molar-refractivity contribution < 1.29 is 88.7 Å². The quantitative estimate of drug-likeness (QED) is 0.0330. The maximum absolute atomic E-state index is 13.8. The predicted octanol–water partition coefficient (Wildman–Crippen LogP) is 0.184. The van der Waals surface area contributed by atoms with Gasteiger partial charge in [-0.3, -0.25) is 24.1 Å². The molecule has 24 heteroatoms. The van der Waals surface area contributed by atoms with Gasteiger partial charge in [0, 0.05) is 17.1 Å². The van der Waals surface area contributed by atoms with E-state index in [2.05, 4.69) is 37.2 Å². The SMILES string of the molecule is CC(C)(C)OC(=O)Nc1nc(/C(=N/OC(COc2ccc(-c3cnn(CC[N+]4(C)CCOCC4)c3)cc2)C(=O)OC(C)(C)C)C(=O)N[C@@H]2C(=O)N(OS(=O)(=O)O)C2(C)C)cs1.[I-]. The number of aromatic nitrogens is 3. The van der Waals surface area contributed by atoms with Crippen molar-refractivity contribution in [1.82, 2.24) is 25.1 Å². The molecule has 62 heavy (non-hydrogen) atoms. The highest BCUT2D eigenvalue weighted by Crippen LogP contribution is 2.33. The van der Waals surface area contributed by atoms with Gasteiger partial charge >= 0.3 is 22.5 Å². The standard InChI is InChI=1S/C38H52N8O13S2.HI/c1-36(2,3)56-33(49)28(22-55-26-12-10-24(11-13-26)25-20-39-44(21-25)14-15-46(9)16-18-54-19-17-46)58-43-29(27-23-60-34(40-27)42-35(50)57-37(4,5)6)31(47)41-30-32(48)45(38(30,7)8)59-61(51,52)53;/h10-13,20-21,23,28,30H,14-19,22H2,1-9H3,(H2-,40,41,42,47,50,51,52,53);1H/b43-29-;/t28?,30-;/m1./s1. The average Bonchev–Trinajstić information content (AvgIpc) is 3.82. The van der Waals surface area contributed by atoms with Crippen LogP contribution in [0.25, 0.3) is 11.1 Å². The van der Waals surface area contributed by atoms with E-state index in [0.29, 0.717) is 10.8 Å². The molecule has 2 fully saturated rings. The van der Waals surface area contributed by atoms with Crippen LogP contribution in [0.15, 0.2) is 47.2 Å². The van der Waals surface area contributed by atoms with E-state index in [1.165, 1.54) is 19.2 Å². The van der Waals surface area contributed by atoms with E-state index < -0.39 is 75.5 Å². The number of likely N-dealkylation sites (N-methyl/N-ethyl adjacent to an activating group) is 1. The molecule has 3 aromatic rings. The molecule has 4 heterocycles. The number of morpholine rings is 1. The number of benzene rings is 1. The number of hydrogen-bond donors (Lipinski definition) is 3. The molecular formula is C38H53IN8O13S2. The van der Waals surface area contributed by atoms with Gasteiger partial charge in [-0.25, -0.2) is 14.6 Å². The minimum atomic E-state index is -5.07. The molecule has 2 aliphatic rings. The lowest BCUT2D eigenvalue weighted by Gasteiger charge is -2.50. The third-order valence-corrected chi connectivity index (χ3v) is 10.4. The second-order valence-corrected chi connectivity index (χ2v) is 19.0. The number of thiazole rings is 1. The maximum Gasteiger partial charge on any atom is 0.418 e. The Morgan fingerprint density at radius 2 is 1.71 bits per heavy atom. The molecule has 2 atom stereocenters. The fraction of sp³-hybridized carbons (Fsp3) is 0.553. The van der Waals surface area contributed by atoms with E-state index in [-0.39, 0.29) is 34.8 Å². The van der Waals surface area contributed by atoms with Crippen LogP contribution >= 0.6 is 11.3 Å². The summed E-state index contributed by atoms with van der Waals surface area (Å²) in [6, 6.07) is 5.72. The van der Waals surface area contributed by atoms with E-state index in [1.54, 1.807) is 59.9 Å². The van der Waals surface area contributed by atoms with E-state index in [9.17, 15) is 27.6 Å². The molecule has 2 saturated heterocycles. The topological polar surface area (TPSA) is 248 Å². The summed E-state index contributed by atoms with van der Waals surface area (Å²) in [5.41, 5.74) is -2.17. The first kappa shape index (κ1) is 50.2. The smallest absolute Gasteiger partial charge is 0.418 e. The number of ether oxygens (including phenoxy) is 4. The van der Waals surface area contributed by atoms with Crippen molar-refractivity contribution >= 4 is 56.5 Å². The van der Waals surface area contributed by atoms with Crippen molar-refractivity contribution in [3.8, 4) is 16.9 Å². The lowest BCUT2D eigenvalue weighted by Crippen LogP contribution is -3.00. The van der Waals surface area contributed by atoms with Crippen molar-refractivity contribution in [2.75, 3.05) is 51.8 Å². The maximum atomic E-state index is 13.8. The highest BCUT2D eigenvalue weighted by atomic mass is 127. The number of esters is 1.